The lowest BCUT2D eigenvalue weighted by atomic mass is 10.0. The van der Waals surface area contributed by atoms with Crippen LogP contribution in [-0.2, 0) is 12.6 Å². The highest BCUT2D eigenvalue weighted by atomic mass is 32.1. The van der Waals surface area contributed by atoms with Crippen LogP contribution in [0.4, 0.5) is 0 Å². The van der Waals surface area contributed by atoms with Gasteiger partial charge in [0.1, 0.15) is 5.60 Å². The lowest BCUT2D eigenvalue weighted by molar-refractivity contribution is 0.0557. The summed E-state index contributed by atoms with van der Waals surface area (Å²) in [6, 6.07) is 5.47. The van der Waals surface area contributed by atoms with Crippen molar-refractivity contribution in [2.75, 3.05) is 6.54 Å². The number of aromatic nitrogens is 3. The van der Waals surface area contributed by atoms with Gasteiger partial charge in [0.15, 0.2) is 5.65 Å². The number of nitrogens with zero attached hydrogens (tertiary/aromatic N) is 3. The van der Waals surface area contributed by atoms with E-state index in [0.29, 0.717) is 16.6 Å². The zero-order valence-electron chi connectivity index (χ0n) is 13.2. The fourth-order valence-electron chi connectivity index (χ4n) is 2.45. The number of hydrogen-bond acceptors (Lipinski definition) is 5. The van der Waals surface area contributed by atoms with Gasteiger partial charge < -0.3 is 10.4 Å². The molecule has 3 heterocycles. The second kappa shape index (κ2) is 5.75. The molecule has 1 amide bonds. The Bertz CT molecular complexity index is 852. The third-order valence-corrected chi connectivity index (χ3v) is 4.85. The van der Waals surface area contributed by atoms with Crippen LogP contribution >= 0.6 is 11.3 Å². The highest BCUT2D eigenvalue weighted by molar-refractivity contribution is 7.10. The highest BCUT2D eigenvalue weighted by Gasteiger charge is 2.25. The molecule has 0 spiro atoms. The van der Waals surface area contributed by atoms with Gasteiger partial charge in [-0.3, -0.25) is 9.48 Å². The number of nitrogens with one attached hydrogen (secondary N) is 1. The summed E-state index contributed by atoms with van der Waals surface area (Å²) in [6.07, 6.45) is 1.63. The van der Waals surface area contributed by atoms with Crippen LogP contribution in [0, 0.1) is 6.92 Å². The molecule has 0 aliphatic carbocycles. The topological polar surface area (TPSA) is 80.0 Å². The molecule has 6 nitrogen and oxygen atoms in total. The summed E-state index contributed by atoms with van der Waals surface area (Å²) in [5.74, 6) is -0.245. The molecule has 0 fully saturated rings. The van der Waals surface area contributed by atoms with Gasteiger partial charge in [-0.25, -0.2) is 4.98 Å². The molecule has 0 saturated carbocycles. The van der Waals surface area contributed by atoms with Crippen molar-refractivity contribution in [3.63, 3.8) is 0 Å². The van der Waals surface area contributed by atoms with E-state index in [2.05, 4.69) is 15.4 Å². The Labute approximate surface area is 137 Å². The molecule has 120 valence electrons. The number of hydrogen-bond donors (Lipinski definition) is 2. The molecule has 0 aromatic carbocycles. The van der Waals surface area contributed by atoms with Gasteiger partial charge in [-0.15, -0.1) is 11.3 Å². The third kappa shape index (κ3) is 2.97. The smallest absolute Gasteiger partial charge is 0.252 e. The van der Waals surface area contributed by atoms with Crippen LogP contribution in [0.5, 0.6) is 0 Å². The second-order valence-corrected chi connectivity index (χ2v) is 6.70. The molecule has 3 aromatic rings. The van der Waals surface area contributed by atoms with Gasteiger partial charge in [-0.1, -0.05) is 6.07 Å². The predicted molar refractivity (Wildman–Crippen MR) is 89.5 cm³/mol. The maximum atomic E-state index is 12.6. The zero-order valence-corrected chi connectivity index (χ0v) is 14.0. The Morgan fingerprint density at radius 1 is 1.52 bits per heavy atom. The SMILES string of the molecule is Cc1cc(C(=O)NCC(C)(O)c2cccs2)c2cnn(C)c2n1. The zero-order chi connectivity index (χ0) is 16.6. The minimum atomic E-state index is -1.10. The Hall–Kier alpha value is -2.25. The summed E-state index contributed by atoms with van der Waals surface area (Å²) >= 11 is 1.46. The molecule has 2 N–H and O–H groups in total. The van der Waals surface area contributed by atoms with E-state index >= 15 is 0 Å². The van der Waals surface area contributed by atoms with Crippen LogP contribution in [-0.4, -0.2) is 32.3 Å². The van der Waals surface area contributed by atoms with Crippen LogP contribution < -0.4 is 5.32 Å². The first-order chi connectivity index (χ1) is 10.9. The molecular weight excluding hydrogens is 312 g/mol. The minimum absolute atomic E-state index is 0.134. The summed E-state index contributed by atoms with van der Waals surface area (Å²) in [5.41, 5.74) is 0.832. The van der Waals surface area contributed by atoms with Crippen molar-refractivity contribution in [2.24, 2.45) is 7.05 Å². The molecule has 23 heavy (non-hydrogen) atoms. The summed E-state index contributed by atoms with van der Waals surface area (Å²) < 4.78 is 1.64. The van der Waals surface area contributed by atoms with Gasteiger partial charge in [-0.2, -0.15) is 5.10 Å². The summed E-state index contributed by atoms with van der Waals surface area (Å²) in [6.45, 7) is 3.66. The monoisotopic (exact) mass is 330 g/mol. The van der Waals surface area contributed by atoms with Crippen molar-refractivity contribution >= 4 is 28.3 Å². The van der Waals surface area contributed by atoms with Gasteiger partial charge >= 0.3 is 0 Å². The van der Waals surface area contributed by atoms with Crippen molar-refractivity contribution in [3.8, 4) is 0 Å². The average molecular weight is 330 g/mol. The summed E-state index contributed by atoms with van der Waals surface area (Å²) in [5, 5.41) is 20.1. The van der Waals surface area contributed by atoms with E-state index in [0.717, 1.165) is 10.6 Å². The first-order valence-electron chi connectivity index (χ1n) is 7.22. The van der Waals surface area contributed by atoms with Crippen molar-refractivity contribution in [1.82, 2.24) is 20.1 Å². The first kappa shape index (κ1) is 15.6. The second-order valence-electron chi connectivity index (χ2n) is 5.75. The van der Waals surface area contributed by atoms with Gasteiger partial charge in [0.25, 0.3) is 5.91 Å². The Kier molecular flexibility index (Phi) is 3.91. The minimum Gasteiger partial charge on any atom is -0.383 e. The van der Waals surface area contributed by atoms with Crippen molar-refractivity contribution in [1.29, 1.82) is 0 Å². The molecular formula is C16H18N4O2S. The number of carbonyl (C=O) groups is 1. The average Bonchev–Trinajstić information content (AvgIpc) is 3.15. The van der Waals surface area contributed by atoms with Crippen LogP contribution in [0.3, 0.4) is 0 Å². The number of thiophene rings is 1. The van der Waals surface area contributed by atoms with Crippen molar-refractivity contribution < 1.29 is 9.90 Å². The number of pyridine rings is 1. The quantitative estimate of drug-likeness (QED) is 0.766. The normalized spacial score (nSPS) is 13.9. The highest BCUT2D eigenvalue weighted by Crippen LogP contribution is 2.25. The van der Waals surface area contributed by atoms with E-state index in [-0.39, 0.29) is 12.5 Å². The maximum absolute atomic E-state index is 12.6. The standard InChI is InChI=1S/C16H18N4O2S/c1-10-7-11(12-8-18-20(3)14(12)19-10)15(21)17-9-16(2,22)13-5-4-6-23-13/h4-8,22H,9H2,1-3H3,(H,17,21). The molecule has 1 atom stereocenters. The van der Waals surface area contributed by atoms with E-state index < -0.39 is 5.60 Å². The Morgan fingerprint density at radius 3 is 3.00 bits per heavy atom. The molecule has 3 rings (SSSR count). The number of carbonyl (C=O) groups excluding carboxylic acids is 1. The first-order valence-corrected chi connectivity index (χ1v) is 8.10. The number of aryl methyl sites for hydroxylation is 2. The van der Waals surface area contributed by atoms with Crippen molar-refractivity contribution in [3.05, 3.63) is 45.9 Å². The number of fused-ring (bicyclic) bond motifs is 1. The van der Waals surface area contributed by atoms with E-state index in [1.807, 2.05) is 24.4 Å². The van der Waals surface area contributed by atoms with Crippen LogP contribution in [0.1, 0.15) is 27.9 Å². The number of amides is 1. The number of rotatable bonds is 4. The molecule has 0 aliphatic rings. The summed E-state index contributed by atoms with van der Waals surface area (Å²) in [4.78, 5) is 17.8. The molecule has 3 aromatic heterocycles. The Morgan fingerprint density at radius 2 is 2.30 bits per heavy atom. The van der Waals surface area contributed by atoms with E-state index in [1.165, 1.54) is 11.3 Å². The van der Waals surface area contributed by atoms with E-state index in [4.69, 9.17) is 0 Å². The fourth-order valence-corrected chi connectivity index (χ4v) is 3.23. The predicted octanol–water partition coefficient (Wildman–Crippen LogP) is 1.98. The van der Waals surface area contributed by atoms with Gasteiger partial charge in [0, 0.05) is 17.6 Å². The molecule has 0 aliphatic heterocycles. The summed E-state index contributed by atoms with van der Waals surface area (Å²) in [7, 11) is 1.79. The van der Waals surface area contributed by atoms with Crippen LogP contribution in [0.2, 0.25) is 0 Å². The lowest BCUT2D eigenvalue weighted by Crippen LogP contribution is -2.38. The van der Waals surface area contributed by atoms with Gasteiger partial charge in [-0.05, 0) is 31.4 Å². The van der Waals surface area contributed by atoms with E-state index in [1.54, 1.807) is 30.9 Å². The Balaban J connectivity index is 1.84. The largest absolute Gasteiger partial charge is 0.383 e. The van der Waals surface area contributed by atoms with Crippen LogP contribution in [0.15, 0.2) is 29.8 Å². The fraction of sp³-hybridized carbons (Fsp3) is 0.312. The molecule has 7 heteroatoms. The molecule has 0 radical (unpaired) electrons. The third-order valence-electron chi connectivity index (χ3n) is 3.72. The van der Waals surface area contributed by atoms with E-state index in [9.17, 15) is 9.90 Å². The van der Waals surface area contributed by atoms with Crippen molar-refractivity contribution in [2.45, 2.75) is 19.4 Å². The maximum Gasteiger partial charge on any atom is 0.252 e. The molecule has 0 bridgehead atoms. The molecule has 0 saturated heterocycles. The van der Waals surface area contributed by atoms with Gasteiger partial charge in [0.05, 0.1) is 23.7 Å². The molecule has 1 unspecified atom stereocenters. The van der Waals surface area contributed by atoms with Gasteiger partial charge in [0.2, 0.25) is 0 Å². The van der Waals surface area contributed by atoms with Crippen LogP contribution in [0.25, 0.3) is 11.0 Å². The number of aliphatic hydroxyl groups is 1. The lowest BCUT2D eigenvalue weighted by Gasteiger charge is -2.22.